The molecule has 0 aliphatic heterocycles. The molecule has 3 atom stereocenters. The van der Waals surface area contributed by atoms with Crippen molar-refractivity contribution in [3.8, 4) is 0 Å². The van der Waals surface area contributed by atoms with Crippen LogP contribution in [0.15, 0.2) is 18.3 Å². The quantitative estimate of drug-likeness (QED) is 0.772. The standard InChI is InChI=1S/C15H20ClN3/c1-10-5-6-12(8-11(10)2)19-14(9-16)18-13-4-3-7-17-15(13)19/h3-4,7,10-12H,5-6,8-9H2,1-2H3. The van der Waals surface area contributed by atoms with E-state index in [-0.39, 0.29) is 0 Å². The van der Waals surface area contributed by atoms with Crippen LogP contribution in [0.3, 0.4) is 0 Å². The number of hydrogen-bond donors (Lipinski definition) is 0. The zero-order chi connectivity index (χ0) is 13.4. The number of alkyl halides is 1. The number of pyridine rings is 1. The molecule has 0 radical (unpaired) electrons. The molecule has 19 heavy (non-hydrogen) atoms. The first-order chi connectivity index (χ1) is 9.20. The van der Waals surface area contributed by atoms with E-state index in [1.807, 2.05) is 18.3 Å². The lowest BCUT2D eigenvalue weighted by atomic mass is 9.79. The molecule has 0 bridgehead atoms. The molecular weight excluding hydrogens is 258 g/mol. The molecule has 1 aliphatic carbocycles. The normalized spacial score (nSPS) is 27.8. The van der Waals surface area contributed by atoms with Gasteiger partial charge in [0.05, 0.1) is 5.88 Å². The largest absolute Gasteiger partial charge is 0.309 e. The zero-order valence-corrected chi connectivity index (χ0v) is 12.3. The number of fused-ring (bicyclic) bond motifs is 1. The van der Waals surface area contributed by atoms with Gasteiger partial charge in [-0.2, -0.15) is 0 Å². The number of halogens is 1. The third-order valence-electron chi connectivity index (χ3n) is 4.58. The lowest BCUT2D eigenvalue weighted by Gasteiger charge is -2.33. The fourth-order valence-corrected chi connectivity index (χ4v) is 3.40. The van der Waals surface area contributed by atoms with E-state index in [0.29, 0.717) is 11.9 Å². The monoisotopic (exact) mass is 277 g/mol. The predicted octanol–water partition coefficient (Wildman–Crippen LogP) is 4.17. The molecule has 2 heterocycles. The van der Waals surface area contributed by atoms with Crippen molar-refractivity contribution in [3.63, 3.8) is 0 Å². The molecule has 4 heteroatoms. The van der Waals surface area contributed by atoms with E-state index in [2.05, 4.69) is 28.4 Å². The van der Waals surface area contributed by atoms with Gasteiger partial charge in [0.1, 0.15) is 11.3 Å². The van der Waals surface area contributed by atoms with Gasteiger partial charge in [-0.3, -0.25) is 0 Å². The van der Waals surface area contributed by atoms with E-state index in [1.54, 1.807) is 0 Å². The summed E-state index contributed by atoms with van der Waals surface area (Å²) in [4.78, 5) is 9.13. The zero-order valence-electron chi connectivity index (χ0n) is 11.5. The molecule has 0 aromatic carbocycles. The van der Waals surface area contributed by atoms with Gasteiger partial charge in [0.15, 0.2) is 5.65 Å². The number of aromatic nitrogens is 3. The van der Waals surface area contributed by atoms with Crippen molar-refractivity contribution in [1.82, 2.24) is 14.5 Å². The van der Waals surface area contributed by atoms with E-state index in [9.17, 15) is 0 Å². The lowest BCUT2D eigenvalue weighted by Crippen LogP contribution is -2.24. The van der Waals surface area contributed by atoms with Gasteiger partial charge in [0.2, 0.25) is 0 Å². The molecule has 1 fully saturated rings. The van der Waals surface area contributed by atoms with Crippen LogP contribution >= 0.6 is 11.6 Å². The van der Waals surface area contributed by atoms with Gasteiger partial charge in [0.25, 0.3) is 0 Å². The Bertz CT molecular complexity index is 578. The highest BCUT2D eigenvalue weighted by Gasteiger charge is 2.28. The van der Waals surface area contributed by atoms with Crippen LogP contribution < -0.4 is 0 Å². The molecule has 3 nitrogen and oxygen atoms in total. The Morgan fingerprint density at radius 1 is 1.32 bits per heavy atom. The lowest BCUT2D eigenvalue weighted by molar-refractivity contribution is 0.211. The second kappa shape index (κ2) is 5.12. The van der Waals surface area contributed by atoms with Crippen LogP contribution in [-0.2, 0) is 5.88 Å². The van der Waals surface area contributed by atoms with Gasteiger partial charge < -0.3 is 4.57 Å². The van der Waals surface area contributed by atoms with Gasteiger partial charge >= 0.3 is 0 Å². The summed E-state index contributed by atoms with van der Waals surface area (Å²) < 4.78 is 2.28. The van der Waals surface area contributed by atoms with E-state index in [0.717, 1.165) is 28.8 Å². The minimum absolute atomic E-state index is 0.455. The average Bonchev–Trinajstić information content (AvgIpc) is 2.80. The SMILES string of the molecule is CC1CCC(n2c(CCl)nc3cccnc32)CC1C. The Kier molecular flexibility index (Phi) is 3.48. The van der Waals surface area contributed by atoms with Crippen molar-refractivity contribution < 1.29 is 0 Å². The third kappa shape index (κ3) is 2.25. The van der Waals surface area contributed by atoms with Crippen LogP contribution in [0, 0.1) is 11.8 Å². The Balaban J connectivity index is 2.03. The molecular formula is C15H20ClN3. The molecule has 1 saturated carbocycles. The smallest absolute Gasteiger partial charge is 0.160 e. The fourth-order valence-electron chi connectivity index (χ4n) is 3.21. The maximum Gasteiger partial charge on any atom is 0.160 e. The van der Waals surface area contributed by atoms with E-state index in [1.165, 1.54) is 19.3 Å². The highest BCUT2D eigenvalue weighted by atomic mass is 35.5. The molecule has 3 unspecified atom stereocenters. The van der Waals surface area contributed by atoms with Crippen LogP contribution in [0.25, 0.3) is 11.2 Å². The van der Waals surface area contributed by atoms with Gasteiger partial charge in [-0.15, -0.1) is 11.6 Å². The van der Waals surface area contributed by atoms with Crippen LogP contribution in [0.5, 0.6) is 0 Å². The summed E-state index contributed by atoms with van der Waals surface area (Å²) in [6, 6.07) is 4.45. The summed E-state index contributed by atoms with van der Waals surface area (Å²) >= 11 is 6.08. The highest BCUT2D eigenvalue weighted by molar-refractivity contribution is 6.16. The van der Waals surface area contributed by atoms with Crippen molar-refractivity contribution in [2.45, 2.75) is 45.0 Å². The van der Waals surface area contributed by atoms with Gasteiger partial charge in [0, 0.05) is 12.2 Å². The second-order valence-electron chi connectivity index (χ2n) is 5.80. The van der Waals surface area contributed by atoms with Crippen LogP contribution in [0.2, 0.25) is 0 Å². The van der Waals surface area contributed by atoms with Crippen molar-refractivity contribution in [2.75, 3.05) is 0 Å². The van der Waals surface area contributed by atoms with Crippen LogP contribution in [-0.4, -0.2) is 14.5 Å². The van der Waals surface area contributed by atoms with Gasteiger partial charge in [-0.05, 0) is 43.2 Å². The Morgan fingerprint density at radius 3 is 2.89 bits per heavy atom. The summed E-state index contributed by atoms with van der Waals surface area (Å²) in [7, 11) is 0. The summed E-state index contributed by atoms with van der Waals surface area (Å²) in [6.07, 6.45) is 5.53. The van der Waals surface area contributed by atoms with Crippen molar-refractivity contribution >= 4 is 22.8 Å². The molecule has 1 aliphatic rings. The first-order valence-electron chi connectivity index (χ1n) is 7.08. The van der Waals surface area contributed by atoms with E-state index >= 15 is 0 Å². The molecule has 2 aromatic rings. The number of rotatable bonds is 2. The summed E-state index contributed by atoms with van der Waals surface area (Å²) in [5, 5.41) is 0. The third-order valence-corrected chi connectivity index (χ3v) is 4.82. The van der Waals surface area contributed by atoms with Crippen LogP contribution in [0.1, 0.15) is 45.0 Å². The number of hydrogen-bond acceptors (Lipinski definition) is 2. The van der Waals surface area contributed by atoms with Crippen LogP contribution in [0.4, 0.5) is 0 Å². The molecule has 0 spiro atoms. The first-order valence-corrected chi connectivity index (χ1v) is 7.62. The highest BCUT2D eigenvalue weighted by Crippen LogP contribution is 2.38. The summed E-state index contributed by atoms with van der Waals surface area (Å²) in [5.74, 6) is 2.99. The molecule has 3 rings (SSSR count). The maximum atomic E-state index is 6.08. The Hall–Kier alpha value is -1.09. The molecule has 2 aromatic heterocycles. The minimum Gasteiger partial charge on any atom is -0.309 e. The molecule has 0 saturated heterocycles. The second-order valence-corrected chi connectivity index (χ2v) is 6.07. The van der Waals surface area contributed by atoms with Crippen molar-refractivity contribution in [1.29, 1.82) is 0 Å². The first kappa shape index (κ1) is 12.9. The van der Waals surface area contributed by atoms with Crippen molar-refractivity contribution in [3.05, 3.63) is 24.2 Å². The topological polar surface area (TPSA) is 30.7 Å². The summed E-state index contributed by atoms with van der Waals surface area (Å²) in [5.41, 5.74) is 1.95. The van der Waals surface area contributed by atoms with E-state index < -0.39 is 0 Å². The number of imidazole rings is 1. The maximum absolute atomic E-state index is 6.08. The van der Waals surface area contributed by atoms with E-state index in [4.69, 9.17) is 11.6 Å². The molecule has 0 N–H and O–H groups in total. The number of nitrogens with zero attached hydrogens (tertiary/aromatic N) is 3. The summed E-state index contributed by atoms with van der Waals surface area (Å²) in [6.45, 7) is 4.71. The van der Waals surface area contributed by atoms with Gasteiger partial charge in [-0.1, -0.05) is 13.8 Å². The van der Waals surface area contributed by atoms with Gasteiger partial charge in [-0.25, -0.2) is 9.97 Å². The molecule has 102 valence electrons. The predicted molar refractivity (Wildman–Crippen MR) is 78.3 cm³/mol. The Labute approximate surface area is 119 Å². The Morgan fingerprint density at radius 2 is 2.16 bits per heavy atom. The van der Waals surface area contributed by atoms with Crippen molar-refractivity contribution in [2.24, 2.45) is 11.8 Å². The fraction of sp³-hybridized carbons (Fsp3) is 0.600. The minimum atomic E-state index is 0.455. The molecule has 0 amide bonds. The average molecular weight is 278 g/mol.